The Bertz CT molecular complexity index is 841. The van der Waals surface area contributed by atoms with Crippen molar-refractivity contribution in [2.24, 2.45) is 5.41 Å². The molecule has 0 atom stereocenters. The Labute approximate surface area is 135 Å². The van der Waals surface area contributed by atoms with Crippen molar-refractivity contribution in [1.29, 1.82) is 0 Å². The van der Waals surface area contributed by atoms with E-state index in [1.807, 2.05) is 40.7 Å². The highest BCUT2D eigenvalue weighted by molar-refractivity contribution is 5.99. The van der Waals surface area contributed by atoms with Gasteiger partial charge in [-0.3, -0.25) is 9.36 Å². The number of hydrogen-bond acceptors (Lipinski definition) is 3. The molecule has 0 saturated heterocycles. The minimum Gasteiger partial charge on any atom is -0.505 e. The standard InChI is InChI=1S/C18H23NO4/c1-6-11-7-10(2)8-12-13(11)16(21)19(9-18(3,4)5)14(15(12)20)17(22)23/h7-8,20H,6,9H2,1-5H3,(H,22,23). The summed E-state index contributed by atoms with van der Waals surface area (Å²) < 4.78 is 1.19. The maximum absolute atomic E-state index is 13.0. The normalized spacial score (nSPS) is 11.9. The molecule has 1 aromatic heterocycles. The lowest BCUT2D eigenvalue weighted by atomic mass is 9.95. The highest BCUT2D eigenvalue weighted by Gasteiger charge is 2.25. The molecule has 0 spiro atoms. The van der Waals surface area contributed by atoms with Crippen LogP contribution in [0.25, 0.3) is 10.8 Å². The zero-order valence-electron chi connectivity index (χ0n) is 14.2. The molecule has 0 aliphatic heterocycles. The monoisotopic (exact) mass is 317 g/mol. The third kappa shape index (κ3) is 3.09. The average molecular weight is 317 g/mol. The Morgan fingerprint density at radius 1 is 1.26 bits per heavy atom. The molecule has 23 heavy (non-hydrogen) atoms. The predicted octanol–water partition coefficient (Wildman–Crippen LogP) is 3.32. The molecule has 0 bridgehead atoms. The molecule has 0 radical (unpaired) electrons. The minimum absolute atomic E-state index is 0.216. The van der Waals surface area contributed by atoms with E-state index in [2.05, 4.69) is 0 Å². The van der Waals surface area contributed by atoms with Gasteiger partial charge in [0.1, 0.15) is 0 Å². The lowest BCUT2D eigenvalue weighted by Crippen LogP contribution is -2.31. The van der Waals surface area contributed by atoms with E-state index in [1.165, 1.54) is 4.57 Å². The molecule has 0 fully saturated rings. The molecule has 0 unspecified atom stereocenters. The summed E-state index contributed by atoms with van der Waals surface area (Å²) in [6.45, 7) is 9.77. The molecule has 5 nitrogen and oxygen atoms in total. The van der Waals surface area contributed by atoms with Gasteiger partial charge in [-0.2, -0.15) is 0 Å². The number of pyridine rings is 1. The van der Waals surface area contributed by atoms with E-state index < -0.39 is 5.97 Å². The van der Waals surface area contributed by atoms with E-state index in [0.717, 1.165) is 11.1 Å². The Morgan fingerprint density at radius 2 is 1.87 bits per heavy atom. The maximum atomic E-state index is 13.0. The summed E-state index contributed by atoms with van der Waals surface area (Å²) in [6.07, 6.45) is 0.634. The number of carbonyl (C=O) groups is 1. The second-order valence-electron chi connectivity index (χ2n) is 7.15. The molecular formula is C18H23NO4. The quantitative estimate of drug-likeness (QED) is 0.910. The van der Waals surface area contributed by atoms with Crippen LogP contribution in [0.2, 0.25) is 0 Å². The fraction of sp³-hybridized carbons (Fsp3) is 0.444. The van der Waals surface area contributed by atoms with Crippen molar-refractivity contribution in [2.75, 3.05) is 0 Å². The van der Waals surface area contributed by atoms with Gasteiger partial charge in [-0.15, -0.1) is 0 Å². The van der Waals surface area contributed by atoms with Crippen molar-refractivity contribution >= 4 is 16.7 Å². The van der Waals surface area contributed by atoms with E-state index in [4.69, 9.17) is 0 Å². The van der Waals surface area contributed by atoms with Crippen LogP contribution in [-0.4, -0.2) is 20.7 Å². The van der Waals surface area contributed by atoms with Crippen LogP contribution >= 0.6 is 0 Å². The van der Waals surface area contributed by atoms with Gasteiger partial charge in [-0.05, 0) is 30.4 Å². The number of fused-ring (bicyclic) bond motifs is 1. The van der Waals surface area contributed by atoms with Gasteiger partial charge in [-0.1, -0.05) is 39.3 Å². The second-order valence-corrected chi connectivity index (χ2v) is 7.15. The van der Waals surface area contributed by atoms with Crippen LogP contribution in [0.3, 0.4) is 0 Å². The molecule has 0 aliphatic rings. The molecule has 1 aromatic carbocycles. The first-order chi connectivity index (χ1) is 10.6. The van der Waals surface area contributed by atoms with Crippen LogP contribution in [0.1, 0.15) is 49.3 Å². The third-order valence-corrected chi connectivity index (χ3v) is 3.79. The number of aromatic hydroxyl groups is 1. The number of carboxylic acids is 1. The van der Waals surface area contributed by atoms with E-state index in [1.54, 1.807) is 6.07 Å². The Balaban J connectivity index is 3.03. The fourth-order valence-corrected chi connectivity index (χ4v) is 2.91. The van der Waals surface area contributed by atoms with Crippen molar-refractivity contribution in [2.45, 2.75) is 47.6 Å². The first-order valence-corrected chi connectivity index (χ1v) is 7.69. The number of aryl methyl sites for hydroxylation is 2. The number of benzene rings is 1. The summed E-state index contributed by atoms with van der Waals surface area (Å²) in [4.78, 5) is 24.6. The molecule has 124 valence electrons. The lowest BCUT2D eigenvalue weighted by Gasteiger charge is -2.23. The number of hydrogen-bond donors (Lipinski definition) is 2. The lowest BCUT2D eigenvalue weighted by molar-refractivity contribution is 0.0677. The van der Waals surface area contributed by atoms with Gasteiger partial charge >= 0.3 is 5.97 Å². The second kappa shape index (κ2) is 5.72. The number of aromatic nitrogens is 1. The third-order valence-electron chi connectivity index (χ3n) is 3.79. The predicted molar refractivity (Wildman–Crippen MR) is 90.4 cm³/mol. The Morgan fingerprint density at radius 3 is 2.35 bits per heavy atom. The summed E-state index contributed by atoms with van der Waals surface area (Å²) in [5.41, 5.74) is 0.700. The summed E-state index contributed by atoms with van der Waals surface area (Å²) >= 11 is 0. The molecular weight excluding hydrogens is 294 g/mol. The average Bonchev–Trinajstić information content (AvgIpc) is 2.41. The molecule has 1 heterocycles. The number of rotatable bonds is 3. The van der Waals surface area contributed by atoms with Crippen LogP contribution < -0.4 is 5.56 Å². The first kappa shape index (κ1) is 17.1. The van der Waals surface area contributed by atoms with Crippen LogP contribution in [-0.2, 0) is 13.0 Å². The molecule has 2 rings (SSSR count). The zero-order valence-corrected chi connectivity index (χ0v) is 14.2. The van der Waals surface area contributed by atoms with Crippen LogP contribution in [0, 0.1) is 12.3 Å². The highest BCUT2D eigenvalue weighted by atomic mass is 16.4. The van der Waals surface area contributed by atoms with Crippen molar-refractivity contribution in [1.82, 2.24) is 4.57 Å². The van der Waals surface area contributed by atoms with E-state index in [-0.39, 0.29) is 29.0 Å². The van der Waals surface area contributed by atoms with Crippen molar-refractivity contribution in [3.63, 3.8) is 0 Å². The summed E-state index contributed by atoms with van der Waals surface area (Å²) in [6, 6.07) is 3.57. The fourth-order valence-electron chi connectivity index (χ4n) is 2.91. The zero-order chi connectivity index (χ0) is 17.5. The van der Waals surface area contributed by atoms with E-state index >= 15 is 0 Å². The van der Waals surface area contributed by atoms with E-state index in [9.17, 15) is 19.8 Å². The van der Waals surface area contributed by atoms with Gasteiger partial charge in [0, 0.05) is 11.9 Å². The van der Waals surface area contributed by atoms with Crippen LogP contribution in [0.4, 0.5) is 0 Å². The summed E-state index contributed by atoms with van der Waals surface area (Å²) in [5.74, 6) is -1.64. The number of aromatic carboxylic acids is 1. The number of nitrogens with zero attached hydrogens (tertiary/aromatic N) is 1. The Kier molecular flexibility index (Phi) is 4.24. The molecule has 5 heteroatoms. The topological polar surface area (TPSA) is 79.5 Å². The highest BCUT2D eigenvalue weighted by Crippen LogP contribution is 2.31. The van der Waals surface area contributed by atoms with Crippen molar-refractivity contribution in [3.8, 4) is 5.75 Å². The maximum Gasteiger partial charge on any atom is 0.356 e. The molecule has 2 N–H and O–H groups in total. The van der Waals surface area contributed by atoms with Gasteiger partial charge in [0.05, 0.1) is 5.39 Å². The largest absolute Gasteiger partial charge is 0.505 e. The van der Waals surface area contributed by atoms with Crippen LogP contribution in [0.15, 0.2) is 16.9 Å². The van der Waals surface area contributed by atoms with Crippen LogP contribution in [0.5, 0.6) is 5.75 Å². The molecule has 0 saturated carbocycles. The van der Waals surface area contributed by atoms with Crippen molar-refractivity contribution in [3.05, 3.63) is 39.3 Å². The van der Waals surface area contributed by atoms with Gasteiger partial charge in [-0.25, -0.2) is 4.79 Å². The molecule has 0 aliphatic carbocycles. The minimum atomic E-state index is -1.30. The van der Waals surface area contributed by atoms with Gasteiger partial charge in [0.25, 0.3) is 5.56 Å². The molecule has 0 amide bonds. The van der Waals surface area contributed by atoms with E-state index in [0.29, 0.717) is 17.2 Å². The van der Waals surface area contributed by atoms with Gasteiger partial charge in [0.2, 0.25) is 0 Å². The smallest absolute Gasteiger partial charge is 0.356 e. The first-order valence-electron chi connectivity index (χ1n) is 7.69. The molecule has 2 aromatic rings. The van der Waals surface area contributed by atoms with Gasteiger partial charge < -0.3 is 10.2 Å². The summed E-state index contributed by atoms with van der Waals surface area (Å²) in [5, 5.41) is 20.8. The summed E-state index contributed by atoms with van der Waals surface area (Å²) in [7, 11) is 0. The SMILES string of the molecule is CCc1cc(C)cc2c(O)c(C(=O)O)n(CC(C)(C)C)c(=O)c12. The Hall–Kier alpha value is -2.30. The number of carboxylic acid groups (broad SMARTS) is 1. The van der Waals surface area contributed by atoms with Crippen molar-refractivity contribution < 1.29 is 15.0 Å². The van der Waals surface area contributed by atoms with Gasteiger partial charge in [0.15, 0.2) is 11.4 Å².